The number of thiazole rings is 1. The highest BCUT2D eigenvalue weighted by Crippen LogP contribution is 2.43. The number of fused-ring (bicyclic) bond motifs is 13. The van der Waals surface area contributed by atoms with Gasteiger partial charge < -0.3 is 9.13 Å². The first-order valence-corrected chi connectivity index (χ1v) is 20.9. The van der Waals surface area contributed by atoms with Crippen LogP contribution in [0.3, 0.4) is 0 Å². The van der Waals surface area contributed by atoms with E-state index in [1.165, 1.54) is 97.4 Å². The molecule has 0 spiro atoms. The van der Waals surface area contributed by atoms with Gasteiger partial charge in [-0.3, -0.25) is 0 Å². The average Bonchev–Trinajstić information content (AvgIpc) is 3.99. The molecule has 10 aromatic carbocycles. The van der Waals surface area contributed by atoms with Crippen LogP contribution in [0, 0.1) is 0 Å². The van der Waals surface area contributed by atoms with Gasteiger partial charge in [0, 0.05) is 38.2 Å². The number of hydrogen-bond donors (Lipinski definition) is 0. The van der Waals surface area contributed by atoms with Crippen LogP contribution in [0.4, 0.5) is 0 Å². The number of aromatic nitrogens is 3. The van der Waals surface area contributed by atoms with E-state index in [0.29, 0.717) is 0 Å². The van der Waals surface area contributed by atoms with Crippen LogP contribution < -0.4 is 0 Å². The minimum Gasteiger partial charge on any atom is -0.309 e. The summed E-state index contributed by atoms with van der Waals surface area (Å²) >= 11 is 1.76. The second kappa shape index (κ2) is 12.5. The molecule has 0 N–H and O–H groups in total. The molecule has 274 valence electrons. The Labute approximate surface area is 343 Å². The lowest BCUT2D eigenvalue weighted by Gasteiger charge is -2.16. The molecule has 0 aliphatic rings. The van der Waals surface area contributed by atoms with Gasteiger partial charge in [-0.25, -0.2) is 4.98 Å². The molecule has 0 aliphatic heterocycles. The molecule has 0 aliphatic carbocycles. The molecule has 59 heavy (non-hydrogen) atoms. The van der Waals surface area contributed by atoms with Crippen molar-refractivity contribution in [2.75, 3.05) is 0 Å². The fourth-order valence-electron chi connectivity index (χ4n) is 9.72. The first kappa shape index (κ1) is 32.5. The average molecular weight is 768 g/mol. The van der Waals surface area contributed by atoms with Crippen LogP contribution in [-0.2, 0) is 0 Å². The summed E-state index contributed by atoms with van der Waals surface area (Å²) in [4.78, 5) is 5.17. The van der Waals surface area contributed by atoms with Crippen molar-refractivity contribution in [1.82, 2.24) is 14.1 Å². The summed E-state index contributed by atoms with van der Waals surface area (Å²) in [5.41, 5.74) is 11.7. The van der Waals surface area contributed by atoms with Crippen LogP contribution in [-0.4, -0.2) is 14.1 Å². The first-order chi connectivity index (χ1) is 29.3. The Morgan fingerprint density at radius 3 is 1.54 bits per heavy atom. The second-order valence-electron chi connectivity index (χ2n) is 15.5. The van der Waals surface area contributed by atoms with Crippen molar-refractivity contribution in [3.05, 3.63) is 200 Å². The third-order valence-corrected chi connectivity index (χ3v) is 13.4. The molecule has 0 radical (unpaired) electrons. The van der Waals surface area contributed by atoms with Crippen molar-refractivity contribution in [2.24, 2.45) is 0 Å². The largest absolute Gasteiger partial charge is 0.309 e. The Morgan fingerprint density at radius 1 is 0.339 bits per heavy atom. The van der Waals surface area contributed by atoms with E-state index in [1.807, 2.05) is 0 Å². The molecule has 13 aromatic rings. The molecular weight excluding hydrogens is 735 g/mol. The number of nitrogens with zero attached hydrogens (tertiary/aromatic N) is 3. The summed E-state index contributed by atoms with van der Waals surface area (Å²) in [7, 11) is 0. The SMILES string of the molecule is c1ccc(-n2c3ccccc3c3cc(-c4nc5ccc(-c6ccc7c(c6)c6ccccc6n7-c6cccc7c8ccccc8c8ccccc8c67)cc5s4)ccc32)cc1. The molecule has 3 aromatic heterocycles. The number of benzene rings is 10. The van der Waals surface area contributed by atoms with Crippen molar-refractivity contribution >= 4 is 97.5 Å². The van der Waals surface area contributed by atoms with E-state index in [-0.39, 0.29) is 0 Å². The molecule has 0 saturated heterocycles. The summed E-state index contributed by atoms with van der Waals surface area (Å²) < 4.78 is 6.02. The van der Waals surface area contributed by atoms with Crippen molar-refractivity contribution in [3.8, 4) is 33.1 Å². The van der Waals surface area contributed by atoms with Crippen LogP contribution in [0.25, 0.3) is 119 Å². The highest BCUT2D eigenvalue weighted by molar-refractivity contribution is 7.21. The maximum Gasteiger partial charge on any atom is 0.124 e. The highest BCUT2D eigenvalue weighted by atomic mass is 32.1. The number of para-hydroxylation sites is 3. The molecule has 0 bridgehead atoms. The molecular formula is C55H33N3S. The maximum atomic E-state index is 5.17. The van der Waals surface area contributed by atoms with Crippen LogP contribution in [0.1, 0.15) is 0 Å². The van der Waals surface area contributed by atoms with E-state index < -0.39 is 0 Å². The third-order valence-electron chi connectivity index (χ3n) is 12.3. The second-order valence-corrected chi connectivity index (χ2v) is 16.5. The van der Waals surface area contributed by atoms with Gasteiger partial charge in [0.1, 0.15) is 5.01 Å². The lowest BCUT2D eigenvalue weighted by Crippen LogP contribution is -1.96. The van der Waals surface area contributed by atoms with E-state index in [0.717, 1.165) is 21.8 Å². The van der Waals surface area contributed by atoms with Gasteiger partial charge in [0.05, 0.1) is 38.0 Å². The Kier molecular flexibility index (Phi) is 6.89. The van der Waals surface area contributed by atoms with Crippen molar-refractivity contribution < 1.29 is 0 Å². The van der Waals surface area contributed by atoms with Gasteiger partial charge in [-0.15, -0.1) is 11.3 Å². The van der Waals surface area contributed by atoms with Crippen molar-refractivity contribution in [1.29, 1.82) is 0 Å². The standard InChI is InChI=1S/C55H33N3S/c1-2-13-37(14-3-1)57-48-22-10-8-18-41(48)46-32-36(27-30-50(46)57)55-56-47-28-25-35(33-53(47)59-55)34-26-29-51-45(31-34)42-19-9-11-23-49(42)58(51)52-24-12-21-44-40-16-5-4-15-38(40)39-17-6-7-20-43(39)54(44)52/h1-33H. The van der Waals surface area contributed by atoms with Crippen LogP contribution in [0.5, 0.6) is 0 Å². The molecule has 3 heterocycles. The smallest absolute Gasteiger partial charge is 0.124 e. The van der Waals surface area contributed by atoms with E-state index in [2.05, 4.69) is 209 Å². The molecule has 0 saturated carbocycles. The summed E-state index contributed by atoms with van der Waals surface area (Å²) in [5, 5.41) is 13.7. The lowest BCUT2D eigenvalue weighted by molar-refractivity contribution is 1.18. The fourth-order valence-corrected chi connectivity index (χ4v) is 10.7. The van der Waals surface area contributed by atoms with Crippen LogP contribution in [0.15, 0.2) is 200 Å². The fraction of sp³-hybridized carbons (Fsp3) is 0. The van der Waals surface area contributed by atoms with Gasteiger partial charge in [0.25, 0.3) is 0 Å². The zero-order valence-electron chi connectivity index (χ0n) is 31.8. The van der Waals surface area contributed by atoms with Crippen LogP contribution >= 0.6 is 11.3 Å². The molecule has 13 rings (SSSR count). The van der Waals surface area contributed by atoms with Gasteiger partial charge in [0.15, 0.2) is 0 Å². The summed E-state index contributed by atoms with van der Waals surface area (Å²) in [5.74, 6) is 0. The molecule has 0 fully saturated rings. The molecule has 0 atom stereocenters. The predicted molar refractivity (Wildman–Crippen MR) is 252 cm³/mol. The third kappa shape index (κ3) is 4.78. The zero-order valence-corrected chi connectivity index (χ0v) is 32.6. The normalized spacial score (nSPS) is 12.1. The molecule has 4 heteroatoms. The van der Waals surface area contributed by atoms with Gasteiger partial charge >= 0.3 is 0 Å². The monoisotopic (exact) mass is 767 g/mol. The van der Waals surface area contributed by atoms with Crippen molar-refractivity contribution in [2.45, 2.75) is 0 Å². The summed E-state index contributed by atoms with van der Waals surface area (Å²) in [6.07, 6.45) is 0. The lowest BCUT2D eigenvalue weighted by atomic mass is 9.93. The molecule has 0 unspecified atom stereocenters. The van der Waals surface area contributed by atoms with Gasteiger partial charge in [0.2, 0.25) is 0 Å². The number of rotatable bonds is 4. The van der Waals surface area contributed by atoms with Crippen LogP contribution in [0.2, 0.25) is 0 Å². The number of hydrogen-bond acceptors (Lipinski definition) is 2. The Morgan fingerprint density at radius 2 is 0.831 bits per heavy atom. The minimum atomic E-state index is 1.02. The van der Waals surface area contributed by atoms with E-state index in [9.17, 15) is 0 Å². The Bertz CT molecular complexity index is 3800. The molecule has 3 nitrogen and oxygen atoms in total. The predicted octanol–water partition coefficient (Wildman–Crippen LogP) is 15.3. The zero-order chi connectivity index (χ0) is 38.6. The van der Waals surface area contributed by atoms with Gasteiger partial charge in [-0.05, 0) is 111 Å². The maximum absolute atomic E-state index is 5.17. The van der Waals surface area contributed by atoms with E-state index >= 15 is 0 Å². The summed E-state index contributed by atoms with van der Waals surface area (Å²) in [6.45, 7) is 0. The Balaban J connectivity index is 0.945. The minimum absolute atomic E-state index is 1.02. The quantitative estimate of drug-likeness (QED) is 0.164. The first-order valence-electron chi connectivity index (χ1n) is 20.1. The van der Waals surface area contributed by atoms with Gasteiger partial charge in [-0.2, -0.15) is 0 Å². The van der Waals surface area contributed by atoms with E-state index in [1.54, 1.807) is 11.3 Å². The molecule has 0 amide bonds. The van der Waals surface area contributed by atoms with Gasteiger partial charge in [-0.1, -0.05) is 127 Å². The topological polar surface area (TPSA) is 22.8 Å². The summed E-state index contributed by atoms with van der Waals surface area (Å²) in [6, 6.07) is 73.1. The highest BCUT2D eigenvalue weighted by Gasteiger charge is 2.19. The van der Waals surface area contributed by atoms with E-state index in [4.69, 9.17) is 4.98 Å². The Hall–Kier alpha value is -7.53. The van der Waals surface area contributed by atoms with Crippen molar-refractivity contribution in [3.63, 3.8) is 0 Å².